The van der Waals surface area contributed by atoms with Crippen LogP contribution < -0.4 is 19.7 Å². The van der Waals surface area contributed by atoms with Crippen LogP contribution in [0.2, 0.25) is 0 Å². The molecule has 1 amide bonds. The summed E-state index contributed by atoms with van der Waals surface area (Å²) in [5.41, 5.74) is 2.35. The Morgan fingerprint density at radius 3 is 2.70 bits per heavy atom. The number of ether oxygens (including phenoxy) is 2. The molecular formula is C24H27N3O3. The summed E-state index contributed by atoms with van der Waals surface area (Å²) < 4.78 is 11.0. The minimum Gasteiger partial charge on any atom is -0.496 e. The first-order valence-corrected chi connectivity index (χ1v) is 10.2. The Balaban J connectivity index is 1.80. The van der Waals surface area contributed by atoms with Gasteiger partial charge in [0.05, 0.1) is 13.7 Å². The lowest BCUT2D eigenvalue weighted by Gasteiger charge is -2.29. The second-order valence-electron chi connectivity index (χ2n) is 7.06. The Morgan fingerprint density at radius 2 is 2.00 bits per heavy atom. The molecule has 2 aromatic rings. The fourth-order valence-corrected chi connectivity index (χ4v) is 3.50. The highest BCUT2D eigenvalue weighted by Gasteiger charge is 2.15. The maximum Gasteiger partial charge on any atom is 0.266 e. The quantitative estimate of drug-likeness (QED) is 0.537. The normalized spacial score (nSPS) is 14.0. The summed E-state index contributed by atoms with van der Waals surface area (Å²) in [7, 11) is 1.60. The summed E-state index contributed by atoms with van der Waals surface area (Å²) in [5.74, 6) is 0.818. The van der Waals surface area contributed by atoms with Crippen molar-refractivity contribution in [1.29, 1.82) is 5.26 Å². The number of carbonyl (C=O) groups is 1. The van der Waals surface area contributed by atoms with Gasteiger partial charge in [-0.15, -0.1) is 0 Å². The predicted molar refractivity (Wildman–Crippen MR) is 119 cm³/mol. The molecule has 1 saturated heterocycles. The van der Waals surface area contributed by atoms with Gasteiger partial charge >= 0.3 is 0 Å². The zero-order chi connectivity index (χ0) is 21.3. The first-order chi connectivity index (χ1) is 14.6. The minimum absolute atomic E-state index is 0.000774. The summed E-state index contributed by atoms with van der Waals surface area (Å²) in [5, 5.41) is 12.3. The van der Waals surface area contributed by atoms with E-state index in [0.717, 1.165) is 18.8 Å². The van der Waals surface area contributed by atoms with E-state index >= 15 is 0 Å². The third kappa shape index (κ3) is 5.32. The number of anilines is 2. The third-order valence-corrected chi connectivity index (χ3v) is 5.01. The summed E-state index contributed by atoms with van der Waals surface area (Å²) in [6, 6.07) is 14.9. The SMILES string of the molecule is CCOc1cccc(NC(=O)/C(C#N)=C\c2ccc(N3CCCCC3)cc2OC)c1. The van der Waals surface area contributed by atoms with Gasteiger partial charge in [-0.1, -0.05) is 6.07 Å². The van der Waals surface area contributed by atoms with Gasteiger partial charge in [-0.3, -0.25) is 4.79 Å². The van der Waals surface area contributed by atoms with E-state index in [1.54, 1.807) is 31.4 Å². The van der Waals surface area contributed by atoms with E-state index in [2.05, 4.69) is 10.2 Å². The van der Waals surface area contributed by atoms with Crippen molar-refractivity contribution in [3.8, 4) is 17.6 Å². The largest absolute Gasteiger partial charge is 0.496 e. The number of hydrogen-bond acceptors (Lipinski definition) is 5. The number of methoxy groups -OCH3 is 1. The van der Waals surface area contributed by atoms with Gasteiger partial charge in [-0.25, -0.2) is 0 Å². The number of benzene rings is 2. The lowest BCUT2D eigenvalue weighted by Crippen LogP contribution is -2.29. The van der Waals surface area contributed by atoms with Gasteiger partial charge in [0.15, 0.2) is 0 Å². The van der Waals surface area contributed by atoms with Gasteiger partial charge < -0.3 is 19.7 Å². The fourth-order valence-electron chi connectivity index (χ4n) is 3.50. The van der Waals surface area contributed by atoms with Crippen LogP contribution in [0.1, 0.15) is 31.7 Å². The Bertz CT molecular complexity index is 956. The number of nitriles is 1. The smallest absolute Gasteiger partial charge is 0.266 e. The molecule has 6 nitrogen and oxygen atoms in total. The van der Waals surface area contributed by atoms with E-state index in [9.17, 15) is 10.1 Å². The average Bonchev–Trinajstić information content (AvgIpc) is 2.78. The van der Waals surface area contributed by atoms with Crippen LogP contribution in [-0.4, -0.2) is 32.7 Å². The lowest BCUT2D eigenvalue weighted by atomic mass is 10.1. The molecule has 1 aliphatic heterocycles. The van der Waals surface area contributed by atoms with Gasteiger partial charge in [0.2, 0.25) is 0 Å². The zero-order valence-electron chi connectivity index (χ0n) is 17.5. The summed E-state index contributed by atoms with van der Waals surface area (Å²) >= 11 is 0. The zero-order valence-corrected chi connectivity index (χ0v) is 17.5. The van der Waals surface area contributed by atoms with E-state index < -0.39 is 5.91 Å². The van der Waals surface area contributed by atoms with Crippen molar-refractivity contribution in [1.82, 2.24) is 0 Å². The number of hydrogen-bond donors (Lipinski definition) is 1. The molecule has 6 heteroatoms. The molecule has 1 heterocycles. The van der Waals surface area contributed by atoms with Crippen molar-refractivity contribution in [2.75, 3.05) is 37.0 Å². The molecule has 3 rings (SSSR count). The minimum atomic E-state index is -0.478. The van der Waals surface area contributed by atoms with Crippen molar-refractivity contribution < 1.29 is 14.3 Å². The topological polar surface area (TPSA) is 74.6 Å². The first kappa shape index (κ1) is 21.3. The molecule has 0 aromatic heterocycles. The average molecular weight is 405 g/mol. The number of rotatable bonds is 7. The van der Waals surface area contributed by atoms with Crippen LogP contribution >= 0.6 is 0 Å². The molecule has 30 heavy (non-hydrogen) atoms. The highest BCUT2D eigenvalue weighted by atomic mass is 16.5. The van der Waals surface area contributed by atoms with Crippen LogP contribution in [0.5, 0.6) is 11.5 Å². The standard InChI is InChI=1S/C24H27N3O3/c1-3-30-22-9-7-8-20(15-22)26-24(28)19(17-25)14-18-10-11-21(16-23(18)29-2)27-12-5-4-6-13-27/h7-11,14-16H,3-6,12-13H2,1-2H3,(H,26,28)/b19-14-. The molecule has 2 aromatic carbocycles. The van der Waals surface area contributed by atoms with Crippen molar-refractivity contribution in [2.24, 2.45) is 0 Å². The lowest BCUT2D eigenvalue weighted by molar-refractivity contribution is -0.112. The molecular weight excluding hydrogens is 378 g/mol. The molecule has 0 spiro atoms. The monoisotopic (exact) mass is 405 g/mol. The van der Waals surface area contributed by atoms with Gasteiger partial charge in [0, 0.05) is 42.2 Å². The number of carbonyl (C=O) groups excluding carboxylic acids is 1. The fraction of sp³-hybridized carbons (Fsp3) is 0.333. The van der Waals surface area contributed by atoms with Crippen LogP contribution in [0.15, 0.2) is 48.0 Å². The molecule has 156 valence electrons. The van der Waals surface area contributed by atoms with E-state index in [0.29, 0.717) is 29.4 Å². The van der Waals surface area contributed by atoms with E-state index in [-0.39, 0.29) is 5.57 Å². The number of piperidine rings is 1. The Labute approximate surface area is 177 Å². The second kappa shape index (κ2) is 10.4. The van der Waals surface area contributed by atoms with Crippen LogP contribution in [0, 0.1) is 11.3 Å². The molecule has 0 radical (unpaired) electrons. The summed E-state index contributed by atoms with van der Waals surface area (Å²) in [4.78, 5) is 15.0. The van der Waals surface area contributed by atoms with E-state index in [1.807, 2.05) is 37.3 Å². The highest BCUT2D eigenvalue weighted by Crippen LogP contribution is 2.29. The molecule has 1 fully saturated rings. The van der Waals surface area contributed by atoms with Crippen molar-refractivity contribution >= 4 is 23.4 Å². The van der Waals surface area contributed by atoms with Crippen LogP contribution in [-0.2, 0) is 4.79 Å². The van der Waals surface area contributed by atoms with Crippen LogP contribution in [0.4, 0.5) is 11.4 Å². The van der Waals surface area contributed by atoms with Gasteiger partial charge in [-0.2, -0.15) is 5.26 Å². The van der Waals surface area contributed by atoms with E-state index in [4.69, 9.17) is 9.47 Å². The molecule has 0 saturated carbocycles. The summed E-state index contributed by atoms with van der Waals surface area (Å²) in [6.07, 6.45) is 5.20. The predicted octanol–water partition coefficient (Wildman–Crippen LogP) is 4.63. The molecule has 1 N–H and O–H groups in total. The number of nitrogens with one attached hydrogen (secondary N) is 1. The Kier molecular flexibility index (Phi) is 7.34. The van der Waals surface area contributed by atoms with Crippen LogP contribution in [0.25, 0.3) is 6.08 Å². The van der Waals surface area contributed by atoms with Gasteiger partial charge in [0.1, 0.15) is 23.1 Å². The second-order valence-corrected chi connectivity index (χ2v) is 7.06. The first-order valence-electron chi connectivity index (χ1n) is 10.2. The Hall–Kier alpha value is -3.46. The maximum atomic E-state index is 12.6. The van der Waals surface area contributed by atoms with Crippen molar-refractivity contribution in [2.45, 2.75) is 26.2 Å². The number of nitrogens with zero attached hydrogens (tertiary/aromatic N) is 2. The van der Waals surface area contributed by atoms with Gasteiger partial charge in [0.25, 0.3) is 5.91 Å². The van der Waals surface area contributed by atoms with Crippen molar-refractivity contribution in [3.05, 3.63) is 53.6 Å². The van der Waals surface area contributed by atoms with Crippen molar-refractivity contribution in [3.63, 3.8) is 0 Å². The molecule has 0 bridgehead atoms. The molecule has 0 aliphatic carbocycles. The molecule has 0 atom stereocenters. The number of amides is 1. The summed E-state index contributed by atoms with van der Waals surface area (Å²) in [6.45, 7) is 4.50. The third-order valence-electron chi connectivity index (χ3n) is 5.01. The van der Waals surface area contributed by atoms with Gasteiger partial charge in [-0.05, 0) is 56.5 Å². The maximum absolute atomic E-state index is 12.6. The highest BCUT2D eigenvalue weighted by molar-refractivity contribution is 6.09. The van der Waals surface area contributed by atoms with E-state index in [1.165, 1.54) is 19.3 Å². The molecule has 1 aliphatic rings. The molecule has 0 unspecified atom stereocenters. The Morgan fingerprint density at radius 1 is 1.20 bits per heavy atom. The van der Waals surface area contributed by atoms with Crippen LogP contribution in [0.3, 0.4) is 0 Å².